The van der Waals surface area contributed by atoms with Crippen LogP contribution in [0.15, 0.2) is 64.3 Å². The van der Waals surface area contributed by atoms with Gasteiger partial charge in [-0.1, -0.05) is 18.2 Å². The minimum atomic E-state index is -0.279. The van der Waals surface area contributed by atoms with Crippen LogP contribution in [-0.2, 0) is 6.54 Å². The van der Waals surface area contributed by atoms with Crippen LogP contribution in [0.25, 0.3) is 11.0 Å². The molecular formula is C19H16N2O3. The molecule has 1 aliphatic carbocycles. The van der Waals surface area contributed by atoms with Crippen LogP contribution in [0.3, 0.4) is 0 Å². The maximum absolute atomic E-state index is 12.9. The van der Waals surface area contributed by atoms with E-state index in [1.807, 2.05) is 12.1 Å². The first kappa shape index (κ1) is 14.6. The van der Waals surface area contributed by atoms with E-state index in [9.17, 15) is 9.59 Å². The van der Waals surface area contributed by atoms with Crippen molar-refractivity contribution in [1.29, 1.82) is 0 Å². The number of fused-ring (bicyclic) bond motifs is 1. The molecule has 0 aliphatic heterocycles. The highest BCUT2D eigenvalue weighted by molar-refractivity contribution is 5.96. The Hall–Kier alpha value is -2.95. The molecule has 2 aromatic heterocycles. The Morgan fingerprint density at radius 1 is 1.21 bits per heavy atom. The molecule has 1 fully saturated rings. The molecule has 0 radical (unpaired) electrons. The van der Waals surface area contributed by atoms with Gasteiger partial charge in [0.1, 0.15) is 17.4 Å². The van der Waals surface area contributed by atoms with Crippen LogP contribution in [0.5, 0.6) is 0 Å². The quantitative estimate of drug-likeness (QED) is 0.741. The maximum atomic E-state index is 12.9. The zero-order valence-corrected chi connectivity index (χ0v) is 13.0. The van der Waals surface area contributed by atoms with Gasteiger partial charge in [-0.3, -0.25) is 14.6 Å². The normalized spacial score (nSPS) is 13.8. The van der Waals surface area contributed by atoms with Gasteiger partial charge in [0.2, 0.25) is 5.43 Å². The summed E-state index contributed by atoms with van der Waals surface area (Å²) >= 11 is 0. The number of para-hydroxylation sites is 1. The molecule has 1 aliphatic rings. The third kappa shape index (κ3) is 2.69. The summed E-state index contributed by atoms with van der Waals surface area (Å²) in [6.07, 6.45) is 6.65. The molecule has 1 aromatic carbocycles. The number of hydrogen-bond acceptors (Lipinski definition) is 4. The zero-order valence-electron chi connectivity index (χ0n) is 13.0. The molecule has 1 amide bonds. The molecule has 0 N–H and O–H groups in total. The van der Waals surface area contributed by atoms with Crippen molar-refractivity contribution in [3.63, 3.8) is 0 Å². The minimum Gasteiger partial charge on any atom is -0.463 e. The first-order valence-electron chi connectivity index (χ1n) is 7.94. The smallest absolute Gasteiger partial charge is 0.261 e. The fraction of sp³-hybridized carbons (Fsp3) is 0.211. The molecule has 0 unspecified atom stereocenters. The predicted octanol–water partition coefficient (Wildman–Crippen LogP) is 2.99. The number of amides is 1. The molecule has 0 bridgehead atoms. The van der Waals surface area contributed by atoms with Crippen LogP contribution < -0.4 is 5.43 Å². The van der Waals surface area contributed by atoms with Gasteiger partial charge in [-0.25, -0.2) is 0 Å². The Labute approximate surface area is 138 Å². The Kier molecular flexibility index (Phi) is 3.61. The van der Waals surface area contributed by atoms with Crippen molar-refractivity contribution in [3.05, 3.63) is 76.4 Å². The van der Waals surface area contributed by atoms with Crippen molar-refractivity contribution in [2.45, 2.75) is 25.4 Å². The van der Waals surface area contributed by atoms with Gasteiger partial charge in [0.05, 0.1) is 5.39 Å². The average molecular weight is 320 g/mol. The second kappa shape index (κ2) is 5.92. The van der Waals surface area contributed by atoms with E-state index in [1.54, 1.807) is 41.6 Å². The van der Waals surface area contributed by atoms with Crippen LogP contribution in [-0.4, -0.2) is 21.8 Å². The van der Waals surface area contributed by atoms with Gasteiger partial charge >= 0.3 is 0 Å². The lowest BCUT2D eigenvalue weighted by molar-refractivity contribution is 0.0726. The molecule has 0 saturated heterocycles. The summed E-state index contributed by atoms with van der Waals surface area (Å²) in [5, 5.41) is 0.431. The third-order valence-electron chi connectivity index (χ3n) is 4.23. The molecule has 24 heavy (non-hydrogen) atoms. The molecule has 120 valence electrons. The predicted molar refractivity (Wildman–Crippen MR) is 89.6 cm³/mol. The zero-order chi connectivity index (χ0) is 16.5. The van der Waals surface area contributed by atoms with Crippen LogP contribution >= 0.6 is 0 Å². The standard InChI is InChI=1S/C19H16N2O3/c22-18-15-5-1-2-6-17(15)24-12-16(18)19(23)21(14-7-8-14)11-13-4-3-9-20-10-13/h1-6,9-10,12,14H,7-8,11H2. The van der Waals surface area contributed by atoms with Crippen LogP contribution in [0, 0.1) is 0 Å². The summed E-state index contributed by atoms with van der Waals surface area (Å²) in [5.74, 6) is -0.277. The van der Waals surface area contributed by atoms with E-state index in [0.717, 1.165) is 18.4 Å². The Morgan fingerprint density at radius 2 is 2.04 bits per heavy atom. The second-order valence-electron chi connectivity index (χ2n) is 6.00. The van der Waals surface area contributed by atoms with Gasteiger partial charge in [0, 0.05) is 25.0 Å². The largest absolute Gasteiger partial charge is 0.463 e. The van der Waals surface area contributed by atoms with Gasteiger partial charge in [0.15, 0.2) is 0 Å². The fourth-order valence-corrected chi connectivity index (χ4v) is 2.82. The Bertz CT molecular complexity index is 945. The number of hydrogen-bond donors (Lipinski definition) is 0. The molecule has 5 heteroatoms. The van der Waals surface area contributed by atoms with E-state index >= 15 is 0 Å². The third-order valence-corrected chi connectivity index (χ3v) is 4.23. The Balaban J connectivity index is 1.70. The lowest BCUT2D eigenvalue weighted by Crippen LogP contribution is -2.35. The first-order chi connectivity index (χ1) is 11.7. The van der Waals surface area contributed by atoms with Crippen molar-refractivity contribution in [1.82, 2.24) is 9.88 Å². The van der Waals surface area contributed by atoms with Gasteiger partial charge in [-0.05, 0) is 36.6 Å². The van der Waals surface area contributed by atoms with Crippen molar-refractivity contribution < 1.29 is 9.21 Å². The van der Waals surface area contributed by atoms with Gasteiger partial charge in [-0.2, -0.15) is 0 Å². The van der Waals surface area contributed by atoms with Gasteiger partial charge < -0.3 is 9.32 Å². The molecule has 0 spiro atoms. The van der Waals surface area contributed by atoms with Gasteiger partial charge in [-0.15, -0.1) is 0 Å². The minimum absolute atomic E-state index is 0.0875. The summed E-state index contributed by atoms with van der Waals surface area (Å²) in [6.45, 7) is 0.448. The number of nitrogens with zero attached hydrogens (tertiary/aromatic N) is 2. The summed E-state index contributed by atoms with van der Waals surface area (Å²) in [7, 11) is 0. The lowest BCUT2D eigenvalue weighted by Gasteiger charge is -2.22. The molecule has 3 aromatic rings. The number of aromatic nitrogens is 1. The second-order valence-corrected chi connectivity index (χ2v) is 6.00. The average Bonchev–Trinajstić information content (AvgIpc) is 3.46. The van der Waals surface area contributed by atoms with Crippen LogP contribution in [0.4, 0.5) is 0 Å². The lowest BCUT2D eigenvalue weighted by atomic mass is 10.1. The first-order valence-corrected chi connectivity index (χ1v) is 7.94. The number of carbonyl (C=O) groups excluding carboxylic acids is 1. The Morgan fingerprint density at radius 3 is 2.79 bits per heavy atom. The van der Waals surface area contributed by atoms with E-state index in [2.05, 4.69) is 4.98 Å². The topological polar surface area (TPSA) is 63.4 Å². The van der Waals surface area contributed by atoms with Crippen LogP contribution in [0.2, 0.25) is 0 Å². The van der Waals surface area contributed by atoms with E-state index < -0.39 is 0 Å². The van der Waals surface area contributed by atoms with Crippen LogP contribution in [0.1, 0.15) is 28.8 Å². The van der Waals surface area contributed by atoms with E-state index in [1.165, 1.54) is 6.26 Å². The highest BCUT2D eigenvalue weighted by Gasteiger charge is 2.34. The van der Waals surface area contributed by atoms with Crippen molar-refractivity contribution in [3.8, 4) is 0 Å². The van der Waals surface area contributed by atoms with E-state index in [0.29, 0.717) is 17.5 Å². The van der Waals surface area contributed by atoms with E-state index in [4.69, 9.17) is 4.42 Å². The van der Waals surface area contributed by atoms with E-state index in [-0.39, 0.29) is 22.9 Å². The SMILES string of the molecule is O=C(c1coc2ccccc2c1=O)N(Cc1cccnc1)C1CC1. The molecule has 1 saturated carbocycles. The number of rotatable bonds is 4. The number of benzene rings is 1. The maximum Gasteiger partial charge on any atom is 0.261 e. The van der Waals surface area contributed by atoms with Crippen molar-refractivity contribution >= 4 is 16.9 Å². The molecular weight excluding hydrogens is 304 g/mol. The highest BCUT2D eigenvalue weighted by Crippen LogP contribution is 2.29. The summed E-state index contributed by atoms with van der Waals surface area (Å²) in [4.78, 5) is 31.4. The summed E-state index contributed by atoms with van der Waals surface area (Å²) in [6, 6.07) is 10.9. The number of pyridine rings is 1. The fourth-order valence-electron chi connectivity index (χ4n) is 2.82. The van der Waals surface area contributed by atoms with Gasteiger partial charge in [0.25, 0.3) is 5.91 Å². The molecule has 0 atom stereocenters. The highest BCUT2D eigenvalue weighted by atomic mass is 16.3. The summed E-state index contributed by atoms with van der Waals surface area (Å²) < 4.78 is 5.49. The van der Waals surface area contributed by atoms with Crippen molar-refractivity contribution in [2.24, 2.45) is 0 Å². The number of carbonyl (C=O) groups is 1. The monoisotopic (exact) mass is 320 g/mol. The molecule has 2 heterocycles. The van der Waals surface area contributed by atoms with Crippen molar-refractivity contribution in [2.75, 3.05) is 0 Å². The summed E-state index contributed by atoms with van der Waals surface area (Å²) in [5.41, 5.74) is 1.25. The molecule has 5 nitrogen and oxygen atoms in total. The molecule has 4 rings (SSSR count).